The molecule has 2 heteroatoms. The first-order valence-electron chi connectivity index (χ1n) is 6.13. The molecular formula is C12H26ClN. The summed E-state index contributed by atoms with van der Waals surface area (Å²) in [6, 6.07) is 0. The Balaban J connectivity index is 3.04. The normalized spacial score (nSPS) is 11.1. The molecule has 0 spiro atoms. The van der Waals surface area contributed by atoms with Crippen LogP contribution in [0, 0.1) is 0 Å². The molecule has 0 aromatic carbocycles. The van der Waals surface area contributed by atoms with Gasteiger partial charge in [0.15, 0.2) is 0 Å². The van der Waals surface area contributed by atoms with Gasteiger partial charge in [-0.15, -0.1) is 11.6 Å². The molecule has 0 heterocycles. The van der Waals surface area contributed by atoms with Crippen LogP contribution in [0.2, 0.25) is 0 Å². The van der Waals surface area contributed by atoms with Crippen LogP contribution in [0.25, 0.3) is 0 Å². The molecule has 0 aliphatic carbocycles. The second-order valence-corrected chi connectivity index (χ2v) is 4.22. The van der Waals surface area contributed by atoms with Crippen LogP contribution in [0.5, 0.6) is 0 Å². The van der Waals surface area contributed by atoms with Crippen molar-refractivity contribution in [3.8, 4) is 0 Å². The van der Waals surface area contributed by atoms with Gasteiger partial charge in [-0.1, -0.05) is 39.5 Å². The highest BCUT2D eigenvalue weighted by atomic mass is 35.5. The zero-order valence-corrected chi connectivity index (χ0v) is 10.7. The molecular weight excluding hydrogens is 194 g/mol. The summed E-state index contributed by atoms with van der Waals surface area (Å²) in [5.41, 5.74) is 0. The van der Waals surface area contributed by atoms with Gasteiger partial charge in [0, 0.05) is 5.88 Å². The van der Waals surface area contributed by atoms with Crippen LogP contribution < -0.4 is 0 Å². The Kier molecular flexibility index (Phi) is 11.5. The topological polar surface area (TPSA) is 3.24 Å². The third-order valence-corrected chi connectivity index (χ3v) is 3.02. The second-order valence-electron chi connectivity index (χ2n) is 3.84. The molecule has 0 unspecified atom stereocenters. The van der Waals surface area contributed by atoms with Gasteiger partial charge >= 0.3 is 0 Å². The van der Waals surface area contributed by atoms with Crippen molar-refractivity contribution in [3.05, 3.63) is 0 Å². The minimum absolute atomic E-state index is 0.833. The summed E-state index contributed by atoms with van der Waals surface area (Å²) >= 11 is 5.61. The molecule has 0 rings (SSSR count). The minimum atomic E-state index is 0.833. The van der Waals surface area contributed by atoms with Crippen molar-refractivity contribution in [2.75, 3.05) is 25.5 Å². The lowest BCUT2D eigenvalue weighted by Gasteiger charge is -2.17. The van der Waals surface area contributed by atoms with E-state index in [2.05, 4.69) is 18.7 Å². The second kappa shape index (κ2) is 11.3. The summed E-state index contributed by atoms with van der Waals surface area (Å²) in [6.07, 6.45) is 8.01. The average molecular weight is 220 g/mol. The maximum atomic E-state index is 5.61. The molecule has 1 nitrogen and oxygen atoms in total. The van der Waals surface area contributed by atoms with Gasteiger partial charge in [-0.05, 0) is 32.5 Å². The Morgan fingerprint density at radius 1 is 0.786 bits per heavy atom. The molecule has 14 heavy (non-hydrogen) atoms. The zero-order valence-electron chi connectivity index (χ0n) is 9.90. The van der Waals surface area contributed by atoms with Crippen LogP contribution in [-0.4, -0.2) is 30.4 Å². The van der Waals surface area contributed by atoms with Gasteiger partial charge in [-0.25, -0.2) is 0 Å². The van der Waals surface area contributed by atoms with E-state index < -0.39 is 0 Å². The number of hydrogen-bond acceptors (Lipinski definition) is 1. The summed E-state index contributed by atoms with van der Waals surface area (Å²) in [5, 5.41) is 0. The lowest BCUT2D eigenvalue weighted by atomic mass is 10.1. The number of alkyl halides is 1. The molecule has 0 saturated carbocycles. The predicted molar refractivity (Wildman–Crippen MR) is 66.2 cm³/mol. The van der Waals surface area contributed by atoms with Crippen LogP contribution in [0.15, 0.2) is 0 Å². The van der Waals surface area contributed by atoms with Crippen molar-refractivity contribution in [2.24, 2.45) is 0 Å². The third kappa shape index (κ3) is 8.83. The monoisotopic (exact) mass is 219 g/mol. The molecule has 0 N–H and O–H groups in total. The Morgan fingerprint density at radius 2 is 1.29 bits per heavy atom. The molecule has 0 radical (unpaired) electrons. The number of halogens is 1. The molecule has 0 saturated heterocycles. The van der Waals surface area contributed by atoms with Crippen molar-refractivity contribution in [1.82, 2.24) is 4.90 Å². The standard InChI is InChI=1S/C12H26ClN/c1-3-14(4-2)12-10-8-6-5-7-9-11-13/h3-12H2,1-2H3. The Morgan fingerprint density at radius 3 is 1.79 bits per heavy atom. The lowest BCUT2D eigenvalue weighted by molar-refractivity contribution is 0.295. The van der Waals surface area contributed by atoms with Crippen LogP contribution in [-0.2, 0) is 0 Å². The van der Waals surface area contributed by atoms with E-state index in [1.165, 1.54) is 58.2 Å². The maximum Gasteiger partial charge on any atom is 0.0223 e. The van der Waals surface area contributed by atoms with Crippen LogP contribution in [0.4, 0.5) is 0 Å². The highest BCUT2D eigenvalue weighted by Gasteiger charge is 1.97. The zero-order chi connectivity index (χ0) is 10.6. The van der Waals surface area contributed by atoms with E-state index in [4.69, 9.17) is 11.6 Å². The average Bonchev–Trinajstić information content (AvgIpc) is 2.22. The fourth-order valence-electron chi connectivity index (χ4n) is 1.68. The van der Waals surface area contributed by atoms with E-state index in [0.717, 1.165) is 5.88 Å². The highest BCUT2D eigenvalue weighted by Crippen LogP contribution is 2.06. The Bertz CT molecular complexity index is 102. The first-order chi connectivity index (χ1) is 6.85. The van der Waals surface area contributed by atoms with Gasteiger partial charge in [0.2, 0.25) is 0 Å². The van der Waals surface area contributed by atoms with Gasteiger partial charge in [0.25, 0.3) is 0 Å². The van der Waals surface area contributed by atoms with Crippen molar-refractivity contribution >= 4 is 11.6 Å². The van der Waals surface area contributed by atoms with Gasteiger partial charge in [0.1, 0.15) is 0 Å². The molecule has 0 aliphatic heterocycles. The quantitative estimate of drug-likeness (QED) is 0.398. The molecule has 0 bridgehead atoms. The van der Waals surface area contributed by atoms with Crippen molar-refractivity contribution < 1.29 is 0 Å². The first kappa shape index (κ1) is 14.2. The van der Waals surface area contributed by atoms with Crippen molar-refractivity contribution in [3.63, 3.8) is 0 Å². The summed E-state index contributed by atoms with van der Waals surface area (Å²) < 4.78 is 0. The molecule has 0 aliphatic rings. The molecule has 0 aromatic heterocycles. The van der Waals surface area contributed by atoms with Crippen molar-refractivity contribution in [2.45, 2.75) is 52.4 Å². The minimum Gasteiger partial charge on any atom is -0.304 e. The lowest BCUT2D eigenvalue weighted by Crippen LogP contribution is -2.23. The maximum absolute atomic E-state index is 5.61. The van der Waals surface area contributed by atoms with Crippen LogP contribution in [0.3, 0.4) is 0 Å². The summed E-state index contributed by atoms with van der Waals surface area (Å²) in [6.45, 7) is 8.15. The summed E-state index contributed by atoms with van der Waals surface area (Å²) in [5.74, 6) is 0.833. The SMILES string of the molecule is CCN(CC)CCCCCCCCCl. The predicted octanol–water partition coefficient (Wildman–Crippen LogP) is 3.91. The molecule has 0 atom stereocenters. The van der Waals surface area contributed by atoms with E-state index in [9.17, 15) is 0 Å². The van der Waals surface area contributed by atoms with E-state index in [-0.39, 0.29) is 0 Å². The number of hydrogen-bond donors (Lipinski definition) is 0. The first-order valence-corrected chi connectivity index (χ1v) is 6.66. The molecule has 86 valence electrons. The van der Waals surface area contributed by atoms with Gasteiger partial charge in [0.05, 0.1) is 0 Å². The largest absolute Gasteiger partial charge is 0.304 e. The van der Waals surface area contributed by atoms with Gasteiger partial charge in [-0.3, -0.25) is 0 Å². The number of rotatable bonds is 10. The van der Waals surface area contributed by atoms with Crippen LogP contribution in [0.1, 0.15) is 52.4 Å². The fourth-order valence-corrected chi connectivity index (χ4v) is 1.87. The number of nitrogens with zero attached hydrogens (tertiary/aromatic N) is 1. The number of unbranched alkanes of at least 4 members (excludes halogenated alkanes) is 5. The van der Waals surface area contributed by atoms with E-state index >= 15 is 0 Å². The smallest absolute Gasteiger partial charge is 0.0223 e. The van der Waals surface area contributed by atoms with Gasteiger partial charge in [-0.2, -0.15) is 0 Å². The summed E-state index contributed by atoms with van der Waals surface area (Å²) in [4.78, 5) is 2.50. The van der Waals surface area contributed by atoms with Crippen LogP contribution >= 0.6 is 11.6 Å². The molecule has 0 fully saturated rings. The van der Waals surface area contributed by atoms with E-state index in [1.807, 2.05) is 0 Å². The Hall–Kier alpha value is 0.250. The highest BCUT2D eigenvalue weighted by molar-refractivity contribution is 6.17. The van der Waals surface area contributed by atoms with E-state index in [1.54, 1.807) is 0 Å². The van der Waals surface area contributed by atoms with E-state index in [0.29, 0.717) is 0 Å². The summed E-state index contributed by atoms with van der Waals surface area (Å²) in [7, 11) is 0. The van der Waals surface area contributed by atoms with Gasteiger partial charge < -0.3 is 4.90 Å². The van der Waals surface area contributed by atoms with Crippen molar-refractivity contribution in [1.29, 1.82) is 0 Å². The molecule has 0 aromatic rings. The third-order valence-electron chi connectivity index (χ3n) is 2.75. The fraction of sp³-hybridized carbons (Fsp3) is 1.00. The Labute approximate surface area is 94.8 Å². The molecule has 0 amide bonds.